The maximum Gasteiger partial charge on any atom is 0.212 e. The molecule has 0 amide bonds. The van der Waals surface area contributed by atoms with Crippen molar-refractivity contribution in [1.29, 1.82) is 0 Å². The Hall–Kier alpha value is -4.58. The highest BCUT2D eigenvalue weighted by Gasteiger charge is 2.47. The zero-order valence-electron chi connectivity index (χ0n) is 12.8. The van der Waals surface area contributed by atoms with Gasteiger partial charge in [-0.1, -0.05) is 30.3 Å². The number of rotatable bonds is 6. The van der Waals surface area contributed by atoms with E-state index >= 15 is 0 Å². The topological polar surface area (TPSA) is 283 Å². The molecule has 27 heavy (non-hydrogen) atoms. The summed E-state index contributed by atoms with van der Waals surface area (Å²) in [6.07, 6.45) is -4.50. The molecule has 146 valence electrons. The van der Waals surface area contributed by atoms with Gasteiger partial charge in [0.25, 0.3) is 0 Å². The smallest absolute Gasteiger partial charge is 0.212 e. The number of hydrogen-bond acceptors (Lipinski definition) is 10. The third-order valence-corrected chi connectivity index (χ3v) is 3.04. The van der Waals surface area contributed by atoms with Crippen LogP contribution in [0, 0.1) is 40.5 Å². The summed E-state index contributed by atoms with van der Waals surface area (Å²) in [6.45, 7) is -3.81. The molecule has 0 bridgehead atoms. The monoisotopic (exact) mass is 392 g/mol. The molecule has 1 rings (SSSR count). The number of hydrazine groups is 4. The van der Waals surface area contributed by atoms with Gasteiger partial charge in [0.1, 0.15) is 0 Å². The lowest BCUT2D eigenvalue weighted by molar-refractivity contribution is -0.744. The van der Waals surface area contributed by atoms with Gasteiger partial charge in [0.2, 0.25) is 32.3 Å². The Bertz CT molecular complexity index is 667. The van der Waals surface area contributed by atoms with E-state index in [4.69, 9.17) is 11.1 Å². The third-order valence-electron chi connectivity index (χ3n) is 3.04. The first kappa shape index (κ1) is 20.5. The van der Waals surface area contributed by atoms with Crippen molar-refractivity contribution in [3.8, 4) is 0 Å². The second-order valence-corrected chi connectivity index (χ2v) is 4.50. The molecular formula is C5H8N14O8. The second-order valence-electron chi connectivity index (χ2n) is 4.50. The molecule has 2 unspecified atom stereocenters. The predicted octanol–water partition coefficient (Wildman–Crippen LogP) is -0.880. The number of nitro groups is 4. The fourth-order valence-electron chi connectivity index (χ4n) is 1.93. The highest BCUT2D eigenvalue weighted by molar-refractivity contribution is 4.79. The summed E-state index contributed by atoms with van der Waals surface area (Å²) in [4.78, 5) is 49.1. The lowest BCUT2D eigenvalue weighted by Crippen LogP contribution is -2.55. The molecule has 1 aliphatic rings. The first-order valence-corrected chi connectivity index (χ1v) is 6.32. The molecule has 0 spiro atoms. The molecule has 0 radical (unpaired) electrons. The van der Waals surface area contributed by atoms with Crippen molar-refractivity contribution in [1.82, 2.24) is 20.0 Å². The summed E-state index contributed by atoms with van der Waals surface area (Å²) in [5, 5.41) is 45.2. The average molecular weight is 392 g/mol. The molecule has 0 aliphatic carbocycles. The molecule has 0 N–H and O–H groups in total. The molecule has 0 saturated carbocycles. The molecule has 1 heterocycles. The zero-order chi connectivity index (χ0) is 20.7. The van der Waals surface area contributed by atoms with Crippen LogP contribution in [0.25, 0.3) is 20.9 Å². The number of hydrogen-bond donors (Lipinski definition) is 0. The van der Waals surface area contributed by atoms with Crippen molar-refractivity contribution in [2.45, 2.75) is 12.3 Å². The molecule has 1 aliphatic heterocycles. The first-order chi connectivity index (χ1) is 12.6. The van der Waals surface area contributed by atoms with Crippen LogP contribution in [-0.4, -0.2) is 72.5 Å². The van der Waals surface area contributed by atoms with Crippen LogP contribution in [0.3, 0.4) is 0 Å². The van der Waals surface area contributed by atoms with Crippen molar-refractivity contribution < 1.29 is 20.1 Å². The Balaban J connectivity index is 3.66. The van der Waals surface area contributed by atoms with Gasteiger partial charge in [-0.3, -0.25) is 0 Å². The van der Waals surface area contributed by atoms with Gasteiger partial charge in [0.15, 0.2) is 20.1 Å². The standard InChI is InChI=1S/C5H8N14O8/c6-10-8-4-5(9-11-7)15(19(26)27)3-13(17(22)23)1-12(16(20)21)2-14(4)18(24)25/h4-5H,1-3H2. The number of azide groups is 2. The summed E-state index contributed by atoms with van der Waals surface area (Å²) in [6, 6.07) is 0. The second kappa shape index (κ2) is 8.50. The van der Waals surface area contributed by atoms with E-state index in [-0.39, 0.29) is 20.0 Å². The van der Waals surface area contributed by atoms with E-state index in [1.54, 1.807) is 0 Å². The molecule has 22 nitrogen and oxygen atoms in total. The van der Waals surface area contributed by atoms with Crippen LogP contribution in [0.1, 0.15) is 0 Å². The maximum absolute atomic E-state index is 11.3. The van der Waals surface area contributed by atoms with Crippen molar-refractivity contribution in [3.05, 3.63) is 61.3 Å². The molecule has 0 aromatic rings. The van der Waals surface area contributed by atoms with Crippen molar-refractivity contribution in [3.63, 3.8) is 0 Å². The van der Waals surface area contributed by atoms with Crippen LogP contribution in [-0.2, 0) is 0 Å². The minimum Gasteiger partial charge on any atom is -0.235 e. The van der Waals surface area contributed by atoms with Crippen LogP contribution in [0.4, 0.5) is 0 Å². The lowest BCUT2D eigenvalue weighted by Gasteiger charge is -2.27. The van der Waals surface area contributed by atoms with Crippen molar-refractivity contribution >= 4 is 0 Å². The summed E-state index contributed by atoms with van der Waals surface area (Å²) in [7, 11) is 0. The molecule has 1 saturated heterocycles. The Morgan fingerprint density at radius 2 is 1.04 bits per heavy atom. The minimum atomic E-state index is -2.25. The molecule has 0 aromatic heterocycles. The predicted molar refractivity (Wildman–Crippen MR) is 75.8 cm³/mol. The summed E-state index contributed by atoms with van der Waals surface area (Å²) in [5.41, 5.74) is 17.2. The van der Waals surface area contributed by atoms with Gasteiger partial charge < -0.3 is 0 Å². The molecule has 1 fully saturated rings. The van der Waals surface area contributed by atoms with E-state index in [1.165, 1.54) is 0 Å². The van der Waals surface area contributed by atoms with Gasteiger partial charge in [0, 0.05) is 9.82 Å². The van der Waals surface area contributed by atoms with E-state index in [0.717, 1.165) is 0 Å². The van der Waals surface area contributed by atoms with Crippen molar-refractivity contribution in [2.24, 2.45) is 10.2 Å². The van der Waals surface area contributed by atoms with Crippen LogP contribution in [0.5, 0.6) is 0 Å². The third kappa shape index (κ3) is 4.71. The molecule has 0 aromatic carbocycles. The molecular weight excluding hydrogens is 384 g/mol. The lowest BCUT2D eigenvalue weighted by atomic mass is 10.3. The van der Waals surface area contributed by atoms with Crippen LogP contribution >= 0.6 is 0 Å². The highest BCUT2D eigenvalue weighted by Crippen LogP contribution is 2.19. The highest BCUT2D eigenvalue weighted by atomic mass is 16.7. The van der Waals surface area contributed by atoms with E-state index < -0.39 is 52.5 Å². The maximum atomic E-state index is 11.3. The summed E-state index contributed by atoms with van der Waals surface area (Å²) < 4.78 is 0. The Morgan fingerprint density at radius 3 is 1.26 bits per heavy atom. The molecule has 22 heteroatoms. The average Bonchev–Trinajstić information content (AvgIpc) is 2.63. The van der Waals surface area contributed by atoms with E-state index in [9.17, 15) is 40.5 Å². The normalized spacial score (nSPS) is 20.3. The summed E-state index contributed by atoms with van der Waals surface area (Å²) >= 11 is 0. The fraction of sp³-hybridized carbons (Fsp3) is 1.00. The largest absolute Gasteiger partial charge is 0.235 e. The number of nitrogens with zero attached hydrogens (tertiary/aromatic N) is 14. The fourth-order valence-corrected chi connectivity index (χ4v) is 1.93. The Kier molecular flexibility index (Phi) is 6.44. The molecule has 2 atom stereocenters. The van der Waals surface area contributed by atoms with Gasteiger partial charge >= 0.3 is 0 Å². The van der Waals surface area contributed by atoms with Crippen LogP contribution in [0.2, 0.25) is 0 Å². The van der Waals surface area contributed by atoms with Gasteiger partial charge in [-0.05, 0) is 11.1 Å². The summed E-state index contributed by atoms with van der Waals surface area (Å²) in [5.74, 6) is 0. The Labute approximate surface area is 145 Å². The Morgan fingerprint density at radius 1 is 0.704 bits per heavy atom. The van der Waals surface area contributed by atoms with Crippen molar-refractivity contribution in [2.75, 3.05) is 20.0 Å². The van der Waals surface area contributed by atoms with E-state index in [2.05, 4.69) is 20.1 Å². The van der Waals surface area contributed by atoms with Crippen LogP contribution in [0.15, 0.2) is 10.2 Å². The van der Waals surface area contributed by atoms with Gasteiger partial charge in [0.05, 0.1) is 0 Å². The van der Waals surface area contributed by atoms with Crippen LogP contribution < -0.4 is 0 Å². The quantitative estimate of drug-likeness (QED) is 0.175. The SMILES string of the molecule is [N-]=[N+]=NC1C(N=[N+]=[N-])N([N+](=O)[O-])CN([N+](=O)[O-])CN([N+](=O)[O-])CN1[N+](=O)[O-]. The van der Waals surface area contributed by atoms with E-state index in [0.29, 0.717) is 0 Å². The van der Waals surface area contributed by atoms with Gasteiger partial charge in [-0.25, -0.2) is 40.5 Å². The zero-order valence-corrected chi connectivity index (χ0v) is 12.8. The first-order valence-electron chi connectivity index (χ1n) is 6.32. The minimum absolute atomic E-state index is 0.0257. The van der Waals surface area contributed by atoms with Gasteiger partial charge in [-0.2, -0.15) is 0 Å². The van der Waals surface area contributed by atoms with Gasteiger partial charge in [-0.15, -0.1) is 0 Å². The van der Waals surface area contributed by atoms with E-state index in [1.807, 2.05) is 0 Å².